The number of pyridine rings is 1. The molecule has 2 nitrogen and oxygen atoms in total. The molecular formula is C13H19NO. The molecule has 2 heteroatoms. The SMILES string of the molecule is CCCc1cc2c(c(OC)n1)CCCC2. The zero-order valence-electron chi connectivity index (χ0n) is 9.68. The maximum absolute atomic E-state index is 5.39. The van der Waals surface area contributed by atoms with E-state index in [1.54, 1.807) is 7.11 Å². The van der Waals surface area contributed by atoms with Crippen LogP contribution in [-0.2, 0) is 19.3 Å². The predicted molar refractivity (Wildman–Crippen MR) is 61.4 cm³/mol. The highest BCUT2D eigenvalue weighted by Crippen LogP contribution is 2.28. The Labute approximate surface area is 91.7 Å². The van der Waals surface area contributed by atoms with Gasteiger partial charge >= 0.3 is 0 Å². The minimum absolute atomic E-state index is 0.871. The summed E-state index contributed by atoms with van der Waals surface area (Å²) in [4.78, 5) is 4.57. The van der Waals surface area contributed by atoms with Crippen LogP contribution in [0.1, 0.15) is 43.0 Å². The summed E-state index contributed by atoms with van der Waals surface area (Å²) in [6.07, 6.45) is 7.13. The van der Waals surface area contributed by atoms with E-state index in [0.717, 1.165) is 25.1 Å². The molecule has 1 aliphatic rings. The van der Waals surface area contributed by atoms with Crippen LogP contribution < -0.4 is 4.74 Å². The van der Waals surface area contributed by atoms with Crippen LogP contribution in [0.4, 0.5) is 0 Å². The van der Waals surface area contributed by atoms with Crippen LogP contribution in [0.3, 0.4) is 0 Å². The largest absolute Gasteiger partial charge is 0.481 e. The lowest BCUT2D eigenvalue weighted by Crippen LogP contribution is -2.08. The molecule has 0 amide bonds. The van der Waals surface area contributed by atoms with Crippen LogP contribution in [0.15, 0.2) is 6.07 Å². The molecule has 15 heavy (non-hydrogen) atoms. The van der Waals surface area contributed by atoms with E-state index >= 15 is 0 Å². The third kappa shape index (κ3) is 2.14. The van der Waals surface area contributed by atoms with Crippen LogP contribution in [0.5, 0.6) is 5.88 Å². The molecule has 0 unspecified atom stereocenters. The third-order valence-corrected chi connectivity index (χ3v) is 3.05. The number of aryl methyl sites for hydroxylation is 2. The molecule has 82 valence electrons. The Hall–Kier alpha value is -1.05. The first kappa shape index (κ1) is 10.5. The fourth-order valence-corrected chi connectivity index (χ4v) is 2.32. The molecule has 0 atom stereocenters. The van der Waals surface area contributed by atoms with E-state index in [-0.39, 0.29) is 0 Å². The highest BCUT2D eigenvalue weighted by Gasteiger charge is 2.16. The number of aromatic nitrogens is 1. The van der Waals surface area contributed by atoms with Crippen molar-refractivity contribution >= 4 is 0 Å². The molecule has 2 rings (SSSR count). The first-order chi connectivity index (χ1) is 7.35. The lowest BCUT2D eigenvalue weighted by molar-refractivity contribution is 0.387. The molecule has 1 aromatic heterocycles. The normalized spacial score (nSPS) is 14.8. The molecule has 0 bridgehead atoms. The van der Waals surface area contributed by atoms with E-state index in [4.69, 9.17) is 4.74 Å². The van der Waals surface area contributed by atoms with Gasteiger partial charge in [0.2, 0.25) is 5.88 Å². The first-order valence-corrected chi connectivity index (χ1v) is 5.90. The molecule has 1 aliphatic carbocycles. The monoisotopic (exact) mass is 205 g/mol. The first-order valence-electron chi connectivity index (χ1n) is 5.90. The van der Waals surface area contributed by atoms with Gasteiger partial charge in [-0.15, -0.1) is 0 Å². The van der Waals surface area contributed by atoms with Crippen molar-refractivity contribution in [1.82, 2.24) is 4.98 Å². The van der Waals surface area contributed by atoms with Crippen LogP contribution in [0.25, 0.3) is 0 Å². The fourth-order valence-electron chi connectivity index (χ4n) is 2.32. The average molecular weight is 205 g/mol. The minimum Gasteiger partial charge on any atom is -0.481 e. The predicted octanol–water partition coefficient (Wildman–Crippen LogP) is 2.92. The Morgan fingerprint density at radius 2 is 2.13 bits per heavy atom. The molecule has 0 N–H and O–H groups in total. The topological polar surface area (TPSA) is 22.1 Å². The Kier molecular flexibility index (Phi) is 3.24. The number of methoxy groups -OCH3 is 1. The maximum atomic E-state index is 5.39. The number of hydrogen-bond acceptors (Lipinski definition) is 2. The van der Waals surface area contributed by atoms with E-state index in [0.29, 0.717) is 0 Å². The number of hydrogen-bond donors (Lipinski definition) is 0. The van der Waals surface area contributed by atoms with Crippen molar-refractivity contribution in [3.63, 3.8) is 0 Å². The van der Waals surface area contributed by atoms with Gasteiger partial charge in [0.15, 0.2) is 0 Å². The molecule has 0 radical (unpaired) electrons. The minimum atomic E-state index is 0.871. The molecule has 1 heterocycles. The Morgan fingerprint density at radius 1 is 1.33 bits per heavy atom. The van der Waals surface area contributed by atoms with Gasteiger partial charge in [-0.3, -0.25) is 0 Å². The highest BCUT2D eigenvalue weighted by molar-refractivity contribution is 5.38. The fraction of sp³-hybridized carbons (Fsp3) is 0.615. The second-order valence-corrected chi connectivity index (χ2v) is 4.22. The summed E-state index contributed by atoms with van der Waals surface area (Å²) in [6, 6.07) is 2.28. The Balaban J connectivity index is 2.38. The molecule has 0 saturated heterocycles. The lowest BCUT2D eigenvalue weighted by atomic mass is 9.92. The van der Waals surface area contributed by atoms with Gasteiger partial charge in [-0.05, 0) is 43.7 Å². The van der Waals surface area contributed by atoms with Crippen molar-refractivity contribution in [2.45, 2.75) is 45.4 Å². The molecule has 1 aromatic rings. The highest BCUT2D eigenvalue weighted by atomic mass is 16.5. The van der Waals surface area contributed by atoms with Gasteiger partial charge in [-0.2, -0.15) is 0 Å². The van der Waals surface area contributed by atoms with Gasteiger partial charge in [0.25, 0.3) is 0 Å². The van der Waals surface area contributed by atoms with Crippen molar-refractivity contribution in [2.75, 3.05) is 7.11 Å². The van der Waals surface area contributed by atoms with Crippen molar-refractivity contribution in [3.05, 3.63) is 22.9 Å². The quantitative estimate of drug-likeness (QED) is 0.757. The van der Waals surface area contributed by atoms with Crippen LogP contribution in [-0.4, -0.2) is 12.1 Å². The van der Waals surface area contributed by atoms with Crippen molar-refractivity contribution < 1.29 is 4.74 Å². The van der Waals surface area contributed by atoms with Crippen molar-refractivity contribution in [1.29, 1.82) is 0 Å². The summed E-state index contributed by atoms with van der Waals surface area (Å²) >= 11 is 0. The van der Waals surface area contributed by atoms with Crippen LogP contribution in [0.2, 0.25) is 0 Å². The van der Waals surface area contributed by atoms with E-state index in [1.807, 2.05) is 0 Å². The molecule has 0 spiro atoms. The molecule has 0 aromatic carbocycles. The van der Waals surface area contributed by atoms with Gasteiger partial charge in [0.05, 0.1) is 7.11 Å². The lowest BCUT2D eigenvalue weighted by Gasteiger charge is -2.19. The third-order valence-electron chi connectivity index (χ3n) is 3.05. The number of rotatable bonds is 3. The second-order valence-electron chi connectivity index (χ2n) is 4.22. The number of ether oxygens (including phenoxy) is 1. The van der Waals surface area contributed by atoms with Crippen molar-refractivity contribution in [2.24, 2.45) is 0 Å². The zero-order chi connectivity index (χ0) is 10.7. The number of nitrogens with zero attached hydrogens (tertiary/aromatic N) is 1. The molecule has 0 aliphatic heterocycles. The van der Waals surface area contributed by atoms with Gasteiger partial charge in [-0.25, -0.2) is 4.98 Å². The van der Waals surface area contributed by atoms with E-state index in [9.17, 15) is 0 Å². The Morgan fingerprint density at radius 3 is 2.87 bits per heavy atom. The van der Waals surface area contributed by atoms with E-state index < -0.39 is 0 Å². The summed E-state index contributed by atoms with van der Waals surface area (Å²) in [6.45, 7) is 2.19. The summed E-state index contributed by atoms with van der Waals surface area (Å²) in [5.74, 6) is 0.871. The van der Waals surface area contributed by atoms with Gasteiger partial charge in [0.1, 0.15) is 0 Å². The summed E-state index contributed by atoms with van der Waals surface area (Å²) in [5.41, 5.74) is 4.01. The van der Waals surface area contributed by atoms with Crippen LogP contribution >= 0.6 is 0 Å². The summed E-state index contributed by atoms with van der Waals surface area (Å²) in [5, 5.41) is 0. The Bertz CT molecular complexity index is 329. The van der Waals surface area contributed by atoms with Gasteiger partial charge in [0, 0.05) is 11.3 Å². The summed E-state index contributed by atoms with van der Waals surface area (Å²) in [7, 11) is 1.73. The summed E-state index contributed by atoms with van der Waals surface area (Å²) < 4.78 is 5.39. The number of fused-ring (bicyclic) bond motifs is 1. The standard InChI is InChI=1S/C13H19NO/c1-3-6-11-9-10-7-4-5-8-12(10)13(14-11)15-2/h9H,3-8H2,1-2H3. The smallest absolute Gasteiger partial charge is 0.216 e. The van der Waals surface area contributed by atoms with Gasteiger partial charge in [-0.1, -0.05) is 13.3 Å². The van der Waals surface area contributed by atoms with E-state index in [1.165, 1.54) is 36.1 Å². The molecule has 0 saturated carbocycles. The molecule has 0 fully saturated rings. The van der Waals surface area contributed by atoms with Crippen molar-refractivity contribution in [3.8, 4) is 5.88 Å². The average Bonchev–Trinajstić information content (AvgIpc) is 2.28. The van der Waals surface area contributed by atoms with Crippen LogP contribution in [0, 0.1) is 0 Å². The zero-order valence-corrected chi connectivity index (χ0v) is 9.68. The second kappa shape index (κ2) is 4.65. The maximum Gasteiger partial charge on any atom is 0.216 e. The molecular weight excluding hydrogens is 186 g/mol. The van der Waals surface area contributed by atoms with Gasteiger partial charge < -0.3 is 4.74 Å². The van der Waals surface area contributed by atoms with E-state index in [2.05, 4.69) is 18.0 Å².